The standard InChI is InChI=1S/C50H59ClN10O4/c1-8-45(63)54-40-24-34(9-12-42(40)59-18-17-57(27-32(59)4)35-14-16-58(31(3)22-35)36-10-11-39(51)30(2)21-36)53-46-49(65)56(7)28-41(55-46)37-13-15-52-47(38(37)29-62)61-20-19-60-43(48(61)64)23-33-25-50(5,6)26-44(33)60/h8-13,15,21,23-24,28,31-32,35,62H,1,14,16-20,22,25-27,29H2,2-7H3,(H,53,55)(H,54,63)/t31-,32+,35?/m1/s1. The number of pyridine rings is 1. The lowest BCUT2D eigenvalue weighted by atomic mass is 9.90. The van der Waals surface area contributed by atoms with E-state index in [9.17, 15) is 19.5 Å². The van der Waals surface area contributed by atoms with Crippen LogP contribution in [0.15, 0.2) is 78.4 Å². The predicted molar refractivity (Wildman–Crippen MR) is 259 cm³/mol. The number of rotatable bonds is 10. The molecule has 1 unspecified atom stereocenters. The van der Waals surface area contributed by atoms with Gasteiger partial charge in [-0.2, -0.15) is 0 Å². The smallest absolute Gasteiger partial charge is 0.293 e. The lowest BCUT2D eigenvalue weighted by Crippen LogP contribution is -2.58. The van der Waals surface area contributed by atoms with Gasteiger partial charge in [-0.25, -0.2) is 9.97 Å². The fourth-order valence-electron chi connectivity index (χ4n) is 10.7. The largest absolute Gasteiger partial charge is 0.392 e. The van der Waals surface area contributed by atoms with Crippen LogP contribution in [0.2, 0.25) is 5.02 Å². The first-order chi connectivity index (χ1) is 31.1. The number of halogens is 1. The monoisotopic (exact) mass is 898 g/mol. The Morgan fingerprint density at radius 2 is 1.82 bits per heavy atom. The highest BCUT2D eigenvalue weighted by atomic mass is 35.5. The number of nitrogens with one attached hydrogen (secondary N) is 2. The van der Waals surface area contributed by atoms with Crippen molar-refractivity contribution in [1.82, 2.24) is 24.0 Å². The van der Waals surface area contributed by atoms with E-state index in [1.165, 1.54) is 27.6 Å². The minimum Gasteiger partial charge on any atom is -0.392 e. The van der Waals surface area contributed by atoms with Gasteiger partial charge >= 0.3 is 0 Å². The Hall–Kier alpha value is -5.96. The Morgan fingerprint density at radius 1 is 1.00 bits per heavy atom. The van der Waals surface area contributed by atoms with E-state index >= 15 is 0 Å². The van der Waals surface area contributed by atoms with Crippen molar-refractivity contribution in [2.24, 2.45) is 12.5 Å². The number of carbonyl (C=O) groups excluding carboxylic acids is 2. The summed E-state index contributed by atoms with van der Waals surface area (Å²) in [5.41, 5.74) is 8.62. The van der Waals surface area contributed by atoms with Gasteiger partial charge in [0.15, 0.2) is 5.82 Å². The number of anilines is 6. The minimum atomic E-state index is -0.399. The van der Waals surface area contributed by atoms with Gasteiger partial charge in [0, 0.05) is 110 Å². The fourth-order valence-corrected chi connectivity index (χ4v) is 10.8. The highest BCUT2D eigenvalue weighted by Gasteiger charge is 2.38. The van der Waals surface area contributed by atoms with Crippen LogP contribution in [0.4, 0.5) is 34.4 Å². The highest BCUT2D eigenvalue weighted by Crippen LogP contribution is 2.41. The number of aryl methyl sites for hydroxylation is 2. The predicted octanol–water partition coefficient (Wildman–Crippen LogP) is 7.32. The molecular weight excluding hydrogens is 840 g/mol. The van der Waals surface area contributed by atoms with Gasteiger partial charge in [0.2, 0.25) is 5.91 Å². The third-order valence-electron chi connectivity index (χ3n) is 13.9. The molecule has 3 aliphatic heterocycles. The fraction of sp³-hybridized carbons (Fsp3) is 0.420. The second-order valence-corrected chi connectivity index (χ2v) is 19.5. The van der Waals surface area contributed by atoms with Crippen LogP contribution in [0, 0.1) is 12.3 Å². The van der Waals surface area contributed by atoms with Crippen molar-refractivity contribution in [2.45, 2.75) is 91.6 Å². The number of aromatic nitrogens is 4. The van der Waals surface area contributed by atoms with Gasteiger partial charge in [-0.1, -0.05) is 32.0 Å². The molecule has 15 heteroatoms. The van der Waals surface area contributed by atoms with Crippen LogP contribution in [0.25, 0.3) is 11.3 Å². The van der Waals surface area contributed by atoms with Gasteiger partial charge in [-0.15, -0.1) is 0 Å². The number of amides is 2. The number of aliphatic hydroxyl groups excluding tert-OH is 1. The Morgan fingerprint density at radius 3 is 2.55 bits per heavy atom. The maximum Gasteiger partial charge on any atom is 0.293 e. The third kappa shape index (κ3) is 8.43. The minimum absolute atomic E-state index is 0.0544. The summed E-state index contributed by atoms with van der Waals surface area (Å²) in [6.07, 6.45) is 8.47. The van der Waals surface area contributed by atoms with Crippen molar-refractivity contribution in [2.75, 3.05) is 58.1 Å². The molecule has 65 heavy (non-hydrogen) atoms. The van der Waals surface area contributed by atoms with E-state index in [4.69, 9.17) is 16.6 Å². The van der Waals surface area contributed by atoms with Gasteiger partial charge in [-0.3, -0.25) is 24.2 Å². The van der Waals surface area contributed by atoms with E-state index in [-0.39, 0.29) is 34.6 Å². The molecule has 3 N–H and O–H groups in total. The Bertz CT molecular complexity index is 2760. The topological polar surface area (TPSA) is 144 Å². The van der Waals surface area contributed by atoms with Crippen molar-refractivity contribution in [1.29, 1.82) is 0 Å². The van der Waals surface area contributed by atoms with Crippen molar-refractivity contribution in [3.05, 3.63) is 117 Å². The zero-order valence-electron chi connectivity index (χ0n) is 38.2. The number of nitrogens with zero attached hydrogens (tertiary/aromatic N) is 8. The molecular formula is C50H59ClN10O4. The van der Waals surface area contributed by atoms with Crippen molar-refractivity contribution in [3.8, 4) is 11.3 Å². The first kappa shape index (κ1) is 44.3. The molecule has 0 radical (unpaired) electrons. The molecule has 0 bridgehead atoms. The van der Waals surface area contributed by atoms with Gasteiger partial charge in [-0.05, 0) is 118 Å². The maximum absolute atomic E-state index is 14.0. The molecule has 5 aromatic rings. The molecule has 4 aliphatic rings. The van der Waals surface area contributed by atoms with Crippen molar-refractivity contribution < 1.29 is 14.7 Å². The van der Waals surface area contributed by atoms with Crippen LogP contribution in [-0.2, 0) is 37.8 Å². The molecule has 2 aromatic carbocycles. The molecule has 2 saturated heterocycles. The van der Waals surface area contributed by atoms with E-state index in [0.29, 0.717) is 64.9 Å². The summed E-state index contributed by atoms with van der Waals surface area (Å²) in [7, 11) is 1.65. The Kier molecular flexibility index (Phi) is 11.9. The van der Waals surface area contributed by atoms with Gasteiger partial charge < -0.3 is 34.7 Å². The summed E-state index contributed by atoms with van der Waals surface area (Å²) in [5, 5.41) is 17.9. The number of hydrogen-bond donors (Lipinski definition) is 3. The quantitative estimate of drug-likeness (QED) is 0.122. The number of fused-ring (bicyclic) bond motifs is 3. The van der Waals surface area contributed by atoms with E-state index in [1.807, 2.05) is 30.3 Å². The number of piperazine rings is 1. The Labute approximate surface area is 385 Å². The summed E-state index contributed by atoms with van der Waals surface area (Å²) < 4.78 is 3.59. The van der Waals surface area contributed by atoms with E-state index in [2.05, 4.69) is 88.2 Å². The average molecular weight is 900 g/mol. The van der Waals surface area contributed by atoms with Crippen LogP contribution in [0.1, 0.15) is 73.4 Å². The van der Waals surface area contributed by atoms with Crippen molar-refractivity contribution in [3.63, 3.8) is 0 Å². The van der Waals surface area contributed by atoms with Gasteiger partial charge in [0.05, 0.1) is 23.7 Å². The highest BCUT2D eigenvalue weighted by molar-refractivity contribution is 6.31. The average Bonchev–Trinajstić information content (AvgIpc) is 3.78. The zero-order valence-corrected chi connectivity index (χ0v) is 39.0. The second-order valence-electron chi connectivity index (χ2n) is 19.1. The number of piperidine rings is 1. The summed E-state index contributed by atoms with van der Waals surface area (Å²) >= 11 is 6.34. The summed E-state index contributed by atoms with van der Waals surface area (Å²) in [6, 6.07) is 16.8. The summed E-state index contributed by atoms with van der Waals surface area (Å²) in [5.74, 6) is -0.0843. The van der Waals surface area contributed by atoms with E-state index < -0.39 is 6.61 Å². The zero-order chi connectivity index (χ0) is 45.9. The molecule has 0 saturated carbocycles. The lowest BCUT2D eigenvalue weighted by Gasteiger charge is -2.48. The maximum atomic E-state index is 14.0. The summed E-state index contributed by atoms with van der Waals surface area (Å²) in [4.78, 5) is 59.1. The van der Waals surface area contributed by atoms with Crippen LogP contribution in [0.5, 0.6) is 0 Å². The number of aliphatic hydroxyl groups is 1. The van der Waals surface area contributed by atoms with Crippen molar-refractivity contribution >= 4 is 57.8 Å². The molecule has 2 fully saturated rings. The normalized spacial score (nSPS) is 20.7. The second kappa shape index (κ2) is 17.4. The van der Waals surface area contributed by atoms with Gasteiger partial charge in [0.25, 0.3) is 11.5 Å². The number of benzene rings is 2. The molecule has 6 heterocycles. The molecule has 14 nitrogen and oxygen atoms in total. The van der Waals surface area contributed by atoms with Crippen LogP contribution in [-0.4, -0.2) is 91.8 Å². The van der Waals surface area contributed by atoms with Crippen LogP contribution >= 0.6 is 11.6 Å². The van der Waals surface area contributed by atoms with E-state index in [0.717, 1.165) is 68.1 Å². The van der Waals surface area contributed by atoms with E-state index in [1.54, 1.807) is 30.4 Å². The molecule has 1 aliphatic carbocycles. The number of hydrogen-bond acceptors (Lipinski definition) is 10. The molecule has 2 amide bonds. The van der Waals surface area contributed by atoms with Crippen LogP contribution < -0.4 is 30.9 Å². The SMILES string of the molecule is C=CC(=O)Nc1cc(Nc2nc(-c3ccnc(N4CCn5c(cc6c5CC(C)(C)C6)C4=O)c3CO)cn(C)c2=O)ccc1N1CCN(C2CCN(c3ccc(Cl)c(C)c3)[C@H](C)C2)C[C@@H]1C. The first-order valence-electron chi connectivity index (χ1n) is 22.7. The first-order valence-corrected chi connectivity index (χ1v) is 23.1. The summed E-state index contributed by atoms with van der Waals surface area (Å²) in [6.45, 7) is 18.9. The van der Waals surface area contributed by atoms with Crippen LogP contribution in [0.3, 0.4) is 0 Å². The molecule has 3 aromatic heterocycles. The molecule has 3 atom stereocenters. The molecule has 0 spiro atoms. The lowest BCUT2D eigenvalue weighted by molar-refractivity contribution is -0.111. The molecule has 340 valence electrons. The van der Waals surface area contributed by atoms with Gasteiger partial charge in [0.1, 0.15) is 11.5 Å². The Balaban J connectivity index is 0.933. The number of carbonyl (C=O) groups is 2. The third-order valence-corrected chi connectivity index (χ3v) is 14.4. The molecule has 9 rings (SSSR count).